The van der Waals surface area contributed by atoms with Crippen molar-refractivity contribution in [3.8, 4) is 0 Å². The second-order valence-corrected chi connectivity index (χ2v) is 4.31. The largest absolute Gasteiger partial charge is 0.465 e. The molecule has 0 saturated carbocycles. The maximum atomic E-state index is 11.5. The van der Waals surface area contributed by atoms with E-state index in [1.54, 1.807) is 6.92 Å². The number of carbonyl (C=O) groups is 1. The number of carbonyl (C=O) groups excluding carboxylic acids is 1. The summed E-state index contributed by atoms with van der Waals surface area (Å²) in [6.07, 6.45) is 1.90. The number of ether oxygens (including phenoxy) is 2. The van der Waals surface area contributed by atoms with Gasteiger partial charge in [0.05, 0.1) is 7.11 Å². The van der Waals surface area contributed by atoms with Crippen LogP contribution in [0.1, 0.15) is 40.8 Å². The van der Waals surface area contributed by atoms with Crippen LogP contribution in [0.4, 0.5) is 0 Å². The minimum absolute atomic E-state index is 0.0397. The topological polar surface area (TPSA) is 64.2 Å². The molecule has 1 aromatic heterocycles. The van der Waals surface area contributed by atoms with E-state index in [1.165, 1.54) is 7.11 Å². The second kappa shape index (κ2) is 4.93. The van der Waals surface area contributed by atoms with Gasteiger partial charge in [-0.15, -0.1) is 0 Å². The van der Waals surface area contributed by atoms with Crippen molar-refractivity contribution in [3.63, 3.8) is 0 Å². The Morgan fingerprint density at radius 1 is 1.65 bits per heavy atom. The van der Waals surface area contributed by atoms with Gasteiger partial charge in [0.1, 0.15) is 22.1 Å². The molecule has 1 saturated heterocycles. The lowest BCUT2D eigenvalue weighted by Crippen LogP contribution is -2.12. The third kappa shape index (κ3) is 2.37. The molecular weight excluding hydrogens is 240 g/mol. The van der Waals surface area contributed by atoms with Gasteiger partial charge in [-0.3, -0.25) is 0 Å². The van der Waals surface area contributed by atoms with Crippen molar-refractivity contribution < 1.29 is 14.3 Å². The van der Waals surface area contributed by atoms with Crippen LogP contribution in [0.5, 0.6) is 0 Å². The molecule has 1 atom stereocenters. The summed E-state index contributed by atoms with van der Waals surface area (Å²) >= 11 is 5.12. The Morgan fingerprint density at radius 2 is 2.41 bits per heavy atom. The minimum atomic E-state index is -0.463. The van der Waals surface area contributed by atoms with Crippen LogP contribution in [-0.4, -0.2) is 29.7 Å². The summed E-state index contributed by atoms with van der Waals surface area (Å²) in [6, 6.07) is 0. The van der Waals surface area contributed by atoms with Crippen molar-refractivity contribution >= 4 is 18.2 Å². The molecule has 2 rings (SSSR count). The Bertz CT molecular complexity index is 492. The lowest BCUT2D eigenvalue weighted by atomic mass is 10.2. The van der Waals surface area contributed by atoms with E-state index in [-0.39, 0.29) is 10.7 Å². The summed E-state index contributed by atoms with van der Waals surface area (Å²) < 4.78 is 10.4. The maximum absolute atomic E-state index is 11.5. The van der Waals surface area contributed by atoms with E-state index < -0.39 is 5.97 Å². The third-order valence-electron chi connectivity index (χ3n) is 2.75. The molecule has 1 aliphatic rings. The molecule has 0 aliphatic carbocycles. The van der Waals surface area contributed by atoms with Gasteiger partial charge >= 0.3 is 5.97 Å². The van der Waals surface area contributed by atoms with Crippen LogP contribution < -0.4 is 0 Å². The summed E-state index contributed by atoms with van der Waals surface area (Å²) in [7, 11) is 1.32. The zero-order valence-electron chi connectivity index (χ0n) is 9.78. The van der Waals surface area contributed by atoms with Gasteiger partial charge in [0.2, 0.25) is 0 Å². The molecule has 1 N–H and O–H groups in total. The average molecular weight is 254 g/mol. The van der Waals surface area contributed by atoms with Crippen LogP contribution in [0.3, 0.4) is 0 Å². The first kappa shape index (κ1) is 12.2. The minimum Gasteiger partial charge on any atom is -0.465 e. The number of aryl methyl sites for hydroxylation is 1. The van der Waals surface area contributed by atoms with Gasteiger partial charge in [-0.25, -0.2) is 9.78 Å². The van der Waals surface area contributed by atoms with E-state index in [0.717, 1.165) is 19.4 Å². The zero-order valence-corrected chi connectivity index (χ0v) is 10.6. The number of esters is 1. The van der Waals surface area contributed by atoms with Crippen LogP contribution in [0, 0.1) is 11.6 Å². The predicted molar refractivity (Wildman–Crippen MR) is 63.4 cm³/mol. The maximum Gasteiger partial charge on any atom is 0.342 e. The first-order valence-electron chi connectivity index (χ1n) is 5.44. The molecule has 92 valence electrons. The van der Waals surface area contributed by atoms with Crippen LogP contribution >= 0.6 is 12.2 Å². The highest BCUT2D eigenvalue weighted by atomic mass is 32.1. The van der Waals surface area contributed by atoms with Gasteiger partial charge in [-0.1, -0.05) is 12.2 Å². The Morgan fingerprint density at radius 3 is 2.94 bits per heavy atom. The highest BCUT2D eigenvalue weighted by Gasteiger charge is 2.22. The summed E-state index contributed by atoms with van der Waals surface area (Å²) in [4.78, 5) is 18.8. The SMILES string of the molecule is COC(=O)c1c(C)[nH]c(C2CCCO2)nc1=S. The van der Waals surface area contributed by atoms with E-state index in [0.29, 0.717) is 17.1 Å². The first-order valence-corrected chi connectivity index (χ1v) is 5.85. The summed E-state index contributed by atoms with van der Waals surface area (Å²) in [5.41, 5.74) is 0.992. The molecule has 1 aromatic rings. The summed E-state index contributed by atoms with van der Waals surface area (Å²) in [5, 5.41) is 0. The number of aromatic amines is 1. The van der Waals surface area contributed by atoms with Gasteiger partial charge in [0.25, 0.3) is 0 Å². The lowest BCUT2D eigenvalue weighted by molar-refractivity contribution is 0.0597. The van der Waals surface area contributed by atoms with Crippen molar-refractivity contribution in [1.29, 1.82) is 0 Å². The van der Waals surface area contributed by atoms with Crippen LogP contribution in [0.2, 0.25) is 0 Å². The van der Waals surface area contributed by atoms with Crippen LogP contribution in [0.15, 0.2) is 0 Å². The fraction of sp³-hybridized carbons (Fsp3) is 0.545. The van der Waals surface area contributed by atoms with E-state index in [1.807, 2.05) is 0 Å². The monoisotopic (exact) mass is 254 g/mol. The molecule has 0 radical (unpaired) electrons. The van der Waals surface area contributed by atoms with Crippen molar-refractivity contribution in [3.05, 3.63) is 21.7 Å². The number of methoxy groups -OCH3 is 1. The molecule has 6 heteroatoms. The number of H-pyrrole nitrogens is 1. The quantitative estimate of drug-likeness (QED) is 0.646. The normalized spacial score (nSPS) is 19.3. The van der Waals surface area contributed by atoms with Gasteiger partial charge in [0, 0.05) is 12.3 Å². The van der Waals surface area contributed by atoms with Crippen molar-refractivity contribution in [2.45, 2.75) is 25.9 Å². The molecule has 0 aromatic carbocycles. The van der Waals surface area contributed by atoms with Crippen LogP contribution in [-0.2, 0) is 9.47 Å². The van der Waals surface area contributed by atoms with Gasteiger partial charge in [-0.2, -0.15) is 0 Å². The van der Waals surface area contributed by atoms with Crippen LogP contribution in [0.25, 0.3) is 0 Å². The van der Waals surface area contributed by atoms with E-state index in [2.05, 4.69) is 14.7 Å². The second-order valence-electron chi connectivity index (χ2n) is 3.92. The molecule has 1 aliphatic heterocycles. The fourth-order valence-corrected chi connectivity index (χ4v) is 2.23. The first-order chi connectivity index (χ1) is 8.13. The Labute approximate surface area is 104 Å². The number of hydrogen-bond acceptors (Lipinski definition) is 5. The zero-order chi connectivity index (χ0) is 12.4. The van der Waals surface area contributed by atoms with Gasteiger partial charge < -0.3 is 14.5 Å². The standard InChI is InChI=1S/C11H14N2O3S/c1-6-8(11(14)15-2)10(17)13-9(12-6)7-4-3-5-16-7/h7H,3-5H2,1-2H3,(H,12,13,17). The summed E-state index contributed by atoms with van der Waals surface area (Å²) in [5.74, 6) is 0.229. The molecule has 0 bridgehead atoms. The van der Waals surface area contributed by atoms with E-state index >= 15 is 0 Å². The Balaban J connectivity index is 2.41. The Kier molecular flexibility index (Phi) is 3.54. The number of hydrogen-bond donors (Lipinski definition) is 1. The molecule has 2 heterocycles. The molecule has 5 nitrogen and oxygen atoms in total. The number of aromatic nitrogens is 2. The van der Waals surface area contributed by atoms with E-state index in [9.17, 15) is 4.79 Å². The van der Waals surface area contributed by atoms with Gasteiger partial charge in [0.15, 0.2) is 0 Å². The lowest BCUT2D eigenvalue weighted by Gasteiger charge is -2.11. The Hall–Kier alpha value is -1.27. The fourth-order valence-electron chi connectivity index (χ4n) is 1.90. The number of rotatable bonds is 2. The third-order valence-corrected chi connectivity index (χ3v) is 3.05. The molecular formula is C11H14N2O3S. The summed E-state index contributed by atoms with van der Waals surface area (Å²) in [6.45, 7) is 2.52. The van der Waals surface area contributed by atoms with E-state index in [4.69, 9.17) is 17.0 Å². The molecule has 1 fully saturated rings. The van der Waals surface area contributed by atoms with Crippen molar-refractivity contribution in [2.24, 2.45) is 0 Å². The highest BCUT2D eigenvalue weighted by molar-refractivity contribution is 7.71. The molecule has 1 unspecified atom stereocenters. The molecule has 0 spiro atoms. The number of nitrogens with one attached hydrogen (secondary N) is 1. The molecule has 17 heavy (non-hydrogen) atoms. The average Bonchev–Trinajstić information content (AvgIpc) is 2.81. The molecule has 0 amide bonds. The highest BCUT2D eigenvalue weighted by Crippen LogP contribution is 2.26. The van der Waals surface area contributed by atoms with Gasteiger partial charge in [-0.05, 0) is 19.8 Å². The van der Waals surface area contributed by atoms with Crippen molar-refractivity contribution in [2.75, 3.05) is 13.7 Å². The number of nitrogens with zero attached hydrogens (tertiary/aromatic N) is 1. The smallest absolute Gasteiger partial charge is 0.342 e. The predicted octanol–water partition coefficient (Wildman–Crippen LogP) is 2.09. The van der Waals surface area contributed by atoms with Crippen molar-refractivity contribution in [1.82, 2.24) is 9.97 Å².